The van der Waals surface area contributed by atoms with Gasteiger partial charge >= 0.3 is 0 Å². The lowest BCUT2D eigenvalue weighted by Gasteiger charge is -2.04. The third-order valence-corrected chi connectivity index (χ3v) is 3.22. The van der Waals surface area contributed by atoms with Gasteiger partial charge in [-0.25, -0.2) is 8.78 Å². The normalized spacial score (nSPS) is 10.8. The monoisotopic (exact) mass is 261 g/mol. The van der Waals surface area contributed by atoms with Crippen molar-refractivity contribution in [3.05, 3.63) is 29.8 Å². The molecule has 0 fully saturated rings. The van der Waals surface area contributed by atoms with Gasteiger partial charge in [0.25, 0.3) is 0 Å². The van der Waals surface area contributed by atoms with Crippen LogP contribution in [0.5, 0.6) is 0 Å². The summed E-state index contributed by atoms with van der Waals surface area (Å²) in [4.78, 5) is 0.765. The van der Waals surface area contributed by atoms with Crippen LogP contribution < -0.4 is 5.32 Å². The van der Waals surface area contributed by atoms with Crippen molar-refractivity contribution in [1.82, 2.24) is 5.32 Å². The number of thioether (sulfide) groups is 1. The summed E-state index contributed by atoms with van der Waals surface area (Å²) >= 11 is 1.53. The molecule has 0 radical (unpaired) electrons. The molecule has 0 heterocycles. The molecule has 0 atom stereocenters. The van der Waals surface area contributed by atoms with E-state index in [1.807, 2.05) is 0 Å². The number of nitrogens with one attached hydrogen (secondary N) is 1. The number of hydrogen-bond donors (Lipinski definition) is 1. The van der Waals surface area contributed by atoms with Gasteiger partial charge in [0.2, 0.25) is 0 Å². The summed E-state index contributed by atoms with van der Waals surface area (Å²) in [5, 5.41) is 3.22. The average molecular weight is 261 g/mol. The number of hydrogen-bond acceptors (Lipinski definition) is 3. The molecule has 0 saturated heterocycles. The number of rotatable bonds is 8. The maximum Gasteiger partial charge on any atom is 0.159 e. The summed E-state index contributed by atoms with van der Waals surface area (Å²) in [5.41, 5.74) is 0. The van der Waals surface area contributed by atoms with Crippen LogP contribution in [0.1, 0.15) is 6.42 Å². The minimum Gasteiger partial charge on any atom is -0.383 e. The van der Waals surface area contributed by atoms with Crippen LogP contribution in [0.15, 0.2) is 23.1 Å². The Morgan fingerprint density at radius 3 is 2.76 bits per heavy atom. The number of halogens is 2. The predicted octanol–water partition coefficient (Wildman–Crippen LogP) is 2.68. The average Bonchev–Trinajstić information content (AvgIpc) is 2.32. The zero-order chi connectivity index (χ0) is 12.5. The highest BCUT2D eigenvalue weighted by Gasteiger charge is 2.02. The van der Waals surface area contributed by atoms with Crippen LogP contribution in [0.25, 0.3) is 0 Å². The molecule has 0 amide bonds. The Kier molecular flexibility index (Phi) is 7.16. The van der Waals surface area contributed by atoms with E-state index in [0.717, 1.165) is 36.2 Å². The fraction of sp³-hybridized carbons (Fsp3) is 0.500. The topological polar surface area (TPSA) is 21.3 Å². The van der Waals surface area contributed by atoms with Gasteiger partial charge < -0.3 is 10.1 Å². The lowest BCUT2D eigenvalue weighted by atomic mass is 10.3. The Hall–Kier alpha value is -0.650. The van der Waals surface area contributed by atoms with Crippen LogP contribution in [0.2, 0.25) is 0 Å². The van der Waals surface area contributed by atoms with Crippen molar-refractivity contribution in [2.75, 3.05) is 32.6 Å². The molecule has 17 heavy (non-hydrogen) atoms. The minimum absolute atomic E-state index is 0.705. The summed E-state index contributed by atoms with van der Waals surface area (Å²) in [7, 11) is 1.67. The smallest absolute Gasteiger partial charge is 0.159 e. The van der Waals surface area contributed by atoms with E-state index in [2.05, 4.69) is 5.32 Å². The molecule has 0 bridgehead atoms. The van der Waals surface area contributed by atoms with Gasteiger partial charge in [-0.15, -0.1) is 11.8 Å². The van der Waals surface area contributed by atoms with Gasteiger partial charge in [0.1, 0.15) is 0 Å². The molecule has 5 heteroatoms. The maximum absolute atomic E-state index is 12.9. The summed E-state index contributed by atoms with van der Waals surface area (Å²) in [6.07, 6.45) is 0.980. The molecular formula is C12H17F2NOS. The van der Waals surface area contributed by atoms with E-state index in [-0.39, 0.29) is 0 Å². The molecule has 0 aliphatic rings. The van der Waals surface area contributed by atoms with Crippen LogP contribution in [-0.2, 0) is 4.74 Å². The molecule has 0 saturated carbocycles. The van der Waals surface area contributed by atoms with Gasteiger partial charge in [0.15, 0.2) is 11.6 Å². The van der Waals surface area contributed by atoms with Crippen molar-refractivity contribution in [3.8, 4) is 0 Å². The van der Waals surface area contributed by atoms with Crippen molar-refractivity contribution in [1.29, 1.82) is 0 Å². The third kappa shape index (κ3) is 6.00. The molecule has 1 rings (SSSR count). The standard InChI is InChI=1S/C12H17F2NOS/c1-16-7-6-15-5-2-8-17-10-3-4-11(13)12(14)9-10/h3-4,9,15H,2,5-8H2,1H3. The second-order valence-electron chi connectivity index (χ2n) is 3.52. The molecule has 2 nitrogen and oxygen atoms in total. The zero-order valence-corrected chi connectivity index (χ0v) is 10.7. The molecule has 0 aliphatic heterocycles. The fourth-order valence-electron chi connectivity index (χ4n) is 1.25. The van der Waals surface area contributed by atoms with Gasteiger partial charge in [-0.2, -0.15) is 0 Å². The van der Waals surface area contributed by atoms with E-state index < -0.39 is 11.6 Å². The predicted molar refractivity (Wildman–Crippen MR) is 66.4 cm³/mol. The van der Waals surface area contributed by atoms with Crippen LogP contribution >= 0.6 is 11.8 Å². The van der Waals surface area contributed by atoms with Crippen LogP contribution in [0.4, 0.5) is 8.78 Å². The SMILES string of the molecule is COCCNCCCSc1ccc(F)c(F)c1. The molecule has 1 aromatic rings. The van der Waals surface area contributed by atoms with E-state index in [1.54, 1.807) is 13.2 Å². The van der Waals surface area contributed by atoms with E-state index in [9.17, 15) is 8.78 Å². The highest BCUT2D eigenvalue weighted by molar-refractivity contribution is 7.99. The van der Waals surface area contributed by atoms with Crippen LogP contribution in [0.3, 0.4) is 0 Å². The highest BCUT2D eigenvalue weighted by Crippen LogP contribution is 2.20. The van der Waals surface area contributed by atoms with Crippen molar-refractivity contribution < 1.29 is 13.5 Å². The second kappa shape index (κ2) is 8.44. The third-order valence-electron chi connectivity index (χ3n) is 2.14. The van der Waals surface area contributed by atoms with Crippen molar-refractivity contribution in [3.63, 3.8) is 0 Å². The van der Waals surface area contributed by atoms with Crippen molar-refractivity contribution in [2.24, 2.45) is 0 Å². The van der Waals surface area contributed by atoms with E-state index in [1.165, 1.54) is 17.8 Å². The second-order valence-corrected chi connectivity index (χ2v) is 4.69. The first-order valence-electron chi connectivity index (χ1n) is 5.51. The summed E-state index contributed by atoms with van der Waals surface area (Å²) in [6, 6.07) is 3.99. The van der Waals surface area contributed by atoms with Gasteiger partial charge in [0.05, 0.1) is 6.61 Å². The van der Waals surface area contributed by atoms with Crippen molar-refractivity contribution in [2.45, 2.75) is 11.3 Å². The molecule has 0 unspecified atom stereocenters. The van der Waals surface area contributed by atoms with Gasteiger partial charge in [-0.3, -0.25) is 0 Å². The summed E-state index contributed by atoms with van der Waals surface area (Å²) in [6.45, 7) is 2.45. The first-order valence-corrected chi connectivity index (χ1v) is 6.50. The van der Waals surface area contributed by atoms with Gasteiger partial charge in [0, 0.05) is 18.6 Å². The van der Waals surface area contributed by atoms with E-state index in [0.29, 0.717) is 6.61 Å². The molecule has 0 aromatic heterocycles. The Bertz CT molecular complexity index is 336. The lowest BCUT2D eigenvalue weighted by molar-refractivity contribution is 0.199. The van der Waals surface area contributed by atoms with E-state index >= 15 is 0 Å². The zero-order valence-electron chi connectivity index (χ0n) is 9.84. The number of benzene rings is 1. The summed E-state index contributed by atoms with van der Waals surface area (Å²) in [5.74, 6) is -0.700. The van der Waals surface area contributed by atoms with Crippen molar-refractivity contribution >= 4 is 11.8 Å². The first-order chi connectivity index (χ1) is 8.24. The molecule has 96 valence electrons. The number of methoxy groups -OCH3 is 1. The summed E-state index contributed by atoms with van der Waals surface area (Å²) < 4.78 is 30.4. The molecule has 0 spiro atoms. The quantitative estimate of drug-likeness (QED) is 0.574. The highest BCUT2D eigenvalue weighted by atomic mass is 32.2. The number of ether oxygens (including phenoxy) is 1. The first kappa shape index (κ1) is 14.4. The Morgan fingerprint density at radius 1 is 1.24 bits per heavy atom. The Morgan fingerprint density at radius 2 is 2.06 bits per heavy atom. The fourth-order valence-corrected chi connectivity index (χ4v) is 2.13. The van der Waals surface area contributed by atoms with E-state index in [4.69, 9.17) is 4.74 Å². The van der Waals surface area contributed by atoms with Gasteiger partial charge in [-0.05, 0) is 36.9 Å². The van der Waals surface area contributed by atoms with Gasteiger partial charge in [-0.1, -0.05) is 0 Å². The van der Waals surface area contributed by atoms with Crippen LogP contribution in [0, 0.1) is 11.6 Å². The largest absolute Gasteiger partial charge is 0.383 e. The Labute approximate surface area is 105 Å². The lowest BCUT2D eigenvalue weighted by Crippen LogP contribution is -2.20. The molecule has 0 aliphatic carbocycles. The molecule has 1 N–H and O–H groups in total. The Balaban J connectivity index is 2.11. The minimum atomic E-state index is -0.796. The molecular weight excluding hydrogens is 244 g/mol. The van der Waals surface area contributed by atoms with Crippen LogP contribution in [-0.4, -0.2) is 32.6 Å². The molecule has 1 aromatic carbocycles. The maximum atomic E-state index is 12.9.